The summed E-state index contributed by atoms with van der Waals surface area (Å²) in [5.41, 5.74) is 0.941. The Bertz CT molecular complexity index is 734. The van der Waals surface area contributed by atoms with Gasteiger partial charge in [0.25, 0.3) is 0 Å². The van der Waals surface area contributed by atoms with Gasteiger partial charge in [0, 0.05) is 18.0 Å². The molecule has 0 saturated carbocycles. The molecule has 1 aliphatic rings. The van der Waals surface area contributed by atoms with Gasteiger partial charge < -0.3 is 4.90 Å². The number of aromatic nitrogens is 2. The van der Waals surface area contributed by atoms with Crippen molar-refractivity contribution in [3.05, 3.63) is 30.1 Å². The van der Waals surface area contributed by atoms with Gasteiger partial charge in [-0.2, -0.15) is 0 Å². The summed E-state index contributed by atoms with van der Waals surface area (Å²) in [5.74, 6) is 0.993. The normalized spacial score (nSPS) is 19.5. The van der Waals surface area contributed by atoms with Gasteiger partial charge in [-0.05, 0) is 45.6 Å². The van der Waals surface area contributed by atoms with Crippen molar-refractivity contribution in [1.82, 2.24) is 14.9 Å². The average Bonchev–Trinajstić information content (AvgIpc) is 2.60. The zero-order valence-electron chi connectivity index (χ0n) is 14.7. The van der Waals surface area contributed by atoms with Crippen LogP contribution in [0.4, 0.5) is 0 Å². The van der Waals surface area contributed by atoms with Crippen LogP contribution in [0.15, 0.2) is 29.3 Å². The number of likely N-dealkylation sites (tertiary alicyclic amines) is 1. The number of benzene rings is 1. The standard InChI is InChI=1S/C19H25N3OS/c1-4-15-9-7-8-12-22(15)19(23)13(2)24-18-16-10-5-6-11-17(16)20-14(3)21-18/h5-6,10-11,13,15H,4,7-9,12H2,1-3H3. The topological polar surface area (TPSA) is 46.1 Å². The number of carbonyl (C=O) groups excluding carboxylic acids is 1. The minimum atomic E-state index is -0.130. The van der Waals surface area contributed by atoms with Crippen LogP contribution in [0.1, 0.15) is 45.4 Å². The molecule has 1 aromatic carbocycles. The fraction of sp³-hybridized carbons (Fsp3) is 0.526. The number of piperidine rings is 1. The number of aryl methyl sites for hydroxylation is 1. The van der Waals surface area contributed by atoms with Gasteiger partial charge in [-0.25, -0.2) is 9.97 Å². The molecule has 128 valence electrons. The molecular weight excluding hydrogens is 318 g/mol. The van der Waals surface area contributed by atoms with E-state index in [0.717, 1.165) is 47.6 Å². The SMILES string of the molecule is CCC1CCCCN1C(=O)C(C)Sc1nc(C)nc2ccccc12. The molecule has 2 unspecified atom stereocenters. The first-order valence-electron chi connectivity index (χ1n) is 8.80. The highest BCUT2D eigenvalue weighted by atomic mass is 32.2. The van der Waals surface area contributed by atoms with E-state index in [-0.39, 0.29) is 11.2 Å². The first kappa shape index (κ1) is 17.2. The first-order valence-corrected chi connectivity index (χ1v) is 9.68. The summed E-state index contributed by atoms with van der Waals surface area (Å²) in [6.45, 7) is 6.97. The number of amides is 1. The highest BCUT2D eigenvalue weighted by Crippen LogP contribution is 2.31. The van der Waals surface area contributed by atoms with Crippen LogP contribution in [0.2, 0.25) is 0 Å². The van der Waals surface area contributed by atoms with Crippen molar-refractivity contribution in [3.8, 4) is 0 Å². The van der Waals surface area contributed by atoms with E-state index in [4.69, 9.17) is 0 Å². The Labute approximate surface area is 148 Å². The monoisotopic (exact) mass is 343 g/mol. The summed E-state index contributed by atoms with van der Waals surface area (Å²) >= 11 is 1.56. The van der Waals surface area contributed by atoms with Gasteiger partial charge in [-0.3, -0.25) is 4.79 Å². The van der Waals surface area contributed by atoms with Gasteiger partial charge in [-0.1, -0.05) is 36.9 Å². The Morgan fingerprint density at radius 2 is 2.12 bits per heavy atom. The molecule has 1 fully saturated rings. The molecule has 0 spiro atoms. The number of carbonyl (C=O) groups is 1. The fourth-order valence-corrected chi connectivity index (χ4v) is 4.47. The molecule has 3 rings (SSSR count). The van der Waals surface area contributed by atoms with Crippen LogP contribution in [0.5, 0.6) is 0 Å². The van der Waals surface area contributed by atoms with Crippen molar-refractivity contribution in [2.75, 3.05) is 6.54 Å². The lowest BCUT2D eigenvalue weighted by Crippen LogP contribution is -2.46. The Morgan fingerprint density at radius 1 is 1.33 bits per heavy atom. The Balaban J connectivity index is 1.81. The molecule has 1 aromatic heterocycles. The van der Waals surface area contributed by atoms with Gasteiger partial charge in [0.05, 0.1) is 10.8 Å². The number of nitrogens with zero attached hydrogens (tertiary/aromatic N) is 3. The molecule has 0 radical (unpaired) electrons. The second kappa shape index (κ2) is 7.51. The van der Waals surface area contributed by atoms with Gasteiger partial charge in [0.1, 0.15) is 10.9 Å². The number of fused-ring (bicyclic) bond motifs is 1. The minimum Gasteiger partial charge on any atom is -0.339 e. The highest BCUT2D eigenvalue weighted by molar-refractivity contribution is 8.00. The number of hydrogen-bond donors (Lipinski definition) is 0. The molecular formula is C19H25N3OS. The summed E-state index contributed by atoms with van der Waals surface area (Å²) in [6, 6.07) is 8.41. The Hall–Kier alpha value is -1.62. The number of thioether (sulfide) groups is 1. The summed E-state index contributed by atoms with van der Waals surface area (Å²) in [6.07, 6.45) is 4.53. The van der Waals surface area contributed by atoms with E-state index < -0.39 is 0 Å². The lowest BCUT2D eigenvalue weighted by molar-refractivity contribution is -0.134. The van der Waals surface area contributed by atoms with E-state index in [1.54, 1.807) is 11.8 Å². The molecule has 1 aliphatic heterocycles. The third-order valence-corrected chi connectivity index (χ3v) is 5.79. The minimum absolute atomic E-state index is 0.130. The van der Waals surface area contributed by atoms with Gasteiger partial charge in [0.2, 0.25) is 5.91 Å². The zero-order chi connectivity index (χ0) is 17.1. The summed E-state index contributed by atoms with van der Waals surface area (Å²) in [4.78, 5) is 24.1. The lowest BCUT2D eigenvalue weighted by atomic mass is 10.00. The maximum atomic E-state index is 13.0. The largest absolute Gasteiger partial charge is 0.339 e. The Kier molecular flexibility index (Phi) is 5.39. The molecule has 4 nitrogen and oxygen atoms in total. The van der Waals surface area contributed by atoms with Crippen LogP contribution >= 0.6 is 11.8 Å². The molecule has 2 aromatic rings. The molecule has 2 heterocycles. The van der Waals surface area contributed by atoms with E-state index in [0.29, 0.717) is 6.04 Å². The highest BCUT2D eigenvalue weighted by Gasteiger charge is 2.29. The summed E-state index contributed by atoms with van der Waals surface area (Å²) in [5, 5.41) is 1.80. The van der Waals surface area contributed by atoms with Gasteiger partial charge in [0.15, 0.2) is 0 Å². The van der Waals surface area contributed by atoms with Gasteiger partial charge in [-0.15, -0.1) is 0 Å². The van der Waals surface area contributed by atoms with Crippen LogP contribution in [0.25, 0.3) is 10.9 Å². The van der Waals surface area contributed by atoms with Crippen molar-refractivity contribution >= 4 is 28.6 Å². The molecule has 2 atom stereocenters. The van der Waals surface area contributed by atoms with E-state index in [2.05, 4.69) is 21.8 Å². The lowest BCUT2D eigenvalue weighted by Gasteiger charge is -2.36. The van der Waals surface area contributed by atoms with Crippen LogP contribution in [0, 0.1) is 6.92 Å². The second-order valence-corrected chi connectivity index (χ2v) is 7.77. The quantitative estimate of drug-likeness (QED) is 0.616. The predicted octanol–water partition coefficient (Wildman–Crippen LogP) is 4.21. The van der Waals surface area contributed by atoms with Crippen molar-refractivity contribution < 1.29 is 4.79 Å². The third kappa shape index (κ3) is 3.56. The number of para-hydroxylation sites is 1. The second-order valence-electron chi connectivity index (χ2n) is 6.44. The number of hydrogen-bond acceptors (Lipinski definition) is 4. The maximum Gasteiger partial charge on any atom is 0.236 e. The van der Waals surface area contributed by atoms with Crippen molar-refractivity contribution in [3.63, 3.8) is 0 Å². The number of rotatable bonds is 4. The van der Waals surface area contributed by atoms with Crippen LogP contribution in [-0.4, -0.2) is 38.6 Å². The van der Waals surface area contributed by atoms with Gasteiger partial charge >= 0.3 is 0 Å². The third-order valence-electron chi connectivity index (χ3n) is 4.70. The van der Waals surface area contributed by atoms with Crippen LogP contribution in [0.3, 0.4) is 0 Å². The van der Waals surface area contributed by atoms with Crippen molar-refractivity contribution in [2.24, 2.45) is 0 Å². The van der Waals surface area contributed by atoms with E-state index >= 15 is 0 Å². The molecule has 5 heteroatoms. The zero-order valence-corrected chi connectivity index (χ0v) is 15.5. The molecule has 0 aliphatic carbocycles. The van der Waals surface area contributed by atoms with Crippen molar-refractivity contribution in [1.29, 1.82) is 0 Å². The van der Waals surface area contributed by atoms with E-state index in [1.807, 2.05) is 38.1 Å². The molecule has 0 N–H and O–H groups in total. The van der Waals surface area contributed by atoms with E-state index in [9.17, 15) is 4.79 Å². The first-order chi connectivity index (χ1) is 11.6. The maximum absolute atomic E-state index is 13.0. The van der Waals surface area contributed by atoms with Crippen molar-refractivity contribution in [2.45, 2.75) is 62.8 Å². The summed E-state index contributed by atoms with van der Waals surface area (Å²) in [7, 11) is 0. The molecule has 1 saturated heterocycles. The summed E-state index contributed by atoms with van der Waals surface area (Å²) < 4.78 is 0. The average molecular weight is 343 g/mol. The molecule has 24 heavy (non-hydrogen) atoms. The Morgan fingerprint density at radius 3 is 2.92 bits per heavy atom. The van der Waals surface area contributed by atoms with Crippen LogP contribution < -0.4 is 0 Å². The fourth-order valence-electron chi connectivity index (χ4n) is 3.41. The smallest absolute Gasteiger partial charge is 0.236 e. The molecule has 0 bridgehead atoms. The molecule has 1 amide bonds. The van der Waals surface area contributed by atoms with E-state index in [1.165, 1.54) is 6.42 Å². The predicted molar refractivity (Wildman–Crippen MR) is 99.2 cm³/mol. The van der Waals surface area contributed by atoms with Crippen LogP contribution in [-0.2, 0) is 4.79 Å².